The number of hydrogen-bond acceptors (Lipinski definition) is 6. The zero-order valence-electron chi connectivity index (χ0n) is 10.4. The van der Waals surface area contributed by atoms with E-state index >= 15 is 0 Å². The van der Waals surface area contributed by atoms with Gasteiger partial charge in [-0.2, -0.15) is 0 Å². The van der Waals surface area contributed by atoms with Gasteiger partial charge in [-0.25, -0.2) is 9.97 Å². The predicted molar refractivity (Wildman–Crippen MR) is 70.0 cm³/mol. The molecule has 7 nitrogen and oxygen atoms in total. The fraction of sp³-hybridized carbons (Fsp3) is 0.600. The molecule has 0 unspecified atom stereocenters. The Balaban J connectivity index is 2.67. The number of halogens is 1. The van der Waals surface area contributed by atoms with Crippen LogP contribution in [0, 0.1) is 10.1 Å². The monoisotopic (exact) mass is 273 g/mol. The average molecular weight is 274 g/mol. The van der Waals surface area contributed by atoms with Crippen LogP contribution in [0.15, 0.2) is 6.33 Å². The Morgan fingerprint density at radius 1 is 1.44 bits per heavy atom. The molecule has 0 spiro atoms. The summed E-state index contributed by atoms with van der Waals surface area (Å²) < 4.78 is 0. The molecule has 0 fully saturated rings. The van der Waals surface area contributed by atoms with Crippen molar-refractivity contribution in [3.8, 4) is 0 Å². The number of hydrogen-bond donors (Lipinski definition) is 1. The molecule has 0 bridgehead atoms. The van der Waals surface area contributed by atoms with E-state index in [2.05, 4.69) is 34.0 Å². The minimum absolute atomic E-state index is 0.152. The summed E-state index contributed by atoms with van der Waals surface area (Å²) >= 11 is 5.68. The van der Waals surface area contributed by atoms with E-state index in [1.807, 2.05) is 0 Å². The number of anilines is 1. The third-order valence-corrected chi connectivity index (χ3v) is 2.85. The van der Waals surface area contributed by atoms with Gasteiger partial charge >= 0.3 is 5.69 Å². The summed E-state index contributed by atoms with van der Waals surface area (Å²) in [5.41, 5.74) is -0.279. The largest absolute Gasteiger partial charge is 0.363 e. The maximum atomic E-state index is 10.8. The van der Waals surface area contributed by atoms with E-state index in [-0.39, 0.29) is 16.7 Å². The molecule has 1 rings (SSSR count). The molecule has 100 valence electrons. The van der Waals surface area contributed by atoms with Gasteiger partial charge in [0.25, 0.3) is 0 Å². The van der Waals surface area contributed by atoms with Crippen molar-refractivity contribution in [2.75, 3.05) is 31.5 Å². The summed E-state index contributed by atoms with van der Waals surface area (Å²) in [6.45, 7) is 7.35. The van der Waals surface area contributed by atoms with Crippen LogP contribution in [0.1, 0.15) is 13.8 Å². The summed E-state index contributed by atoms with van der Waals surface area (Å²) in [5.74, 6) is 0.159. The Morgan fingerprint density at radius 3 is 2.67 bits per heavy atom. The van der Waals surface area contributed by atoms with Crippen molar-refractivity contribution in [1.29, 1.82) is 0 Å². The second-order valence-electron chi connectivity index (χ2n) is 3.57. The Morgan fingerprint density at radius 2 is 2.11 bits per heavy atom. The van der Waals surface area contributed by atoms with Crippen molar-refractivity contribution in [2.45, 2.75) is 13.8 Å². The number of rotatable bonds is 7. The summed E-state index contributed by atoms with van der Waals surface area (Å²) in [6, 6.07) is 0. The third-order valence-electron chi connectivity index (χ3n) is 2.58. The lowest BCUT2D eigenvalue weighted by Gasteiger charge is -2.18. The van der Waals surface area contributed by atoms with Gasteiger partial charge < -0.3 is 10.2 Å². The van der Waals surface area contributed by atoms with E-state index in [0.29, 0.717) is 6.54 Å². The molecule has 0 aliphatic heterocycles. The Hall–Kier alpha value is -1.47. The summed E-state index contributed by atoms with van der Waals surface area (Å²) in [7, 11) is 0. The van der Waals surface area contributed by atoms with Crippen molar-refractivity contribution in [3.05, 3.63) is 21.6 Å². The minimum atomic E-state index is -0.581. The Kier molecular flexibility index (Phi) is 5.73. The number of aromatic nitrogens is 2. The van der Waals surface area contributed by atoms with Gasteiger partial charge in [-0.3, -0.25) is 10.1 Å². The molecule has 0 saturated heterocycles. The smallest absolute Gasteiger partial charge is 0.348 e. The molecule has 0 aromatic carbocycles. The second-order valence-corrected chi connectivity index (χ2v) is 3.93. The molecule has 0 amide bonds. The van der Waals surface area contributed by atoms with Gasteiger partial charge in [-0.05, 0) is 13.1 Å². The van der Waals surface area contributed by atoms with Crippen molar-refractivity contribution in [3.63, 3.8) is 0 Å². The highest BCUT2D eigenvalue weighted by molar-refractivity contribution is 6.31. The molecule has 0 radical (unpaired) electrons. The van der Waals surface area contributed by atoms with Gasteiger partial charge in [0.2, 0.25) is 11.0 Å². The topological polar surface area (TPSA) is 84.2 Å². The van der Waals surface area contributed by atoms with E-state index in [9.17, 15) is 10.1 Å². The quantitative estimate of drug-likeness (QED) is 0.463. The number of nitro groups is 1. The van der Waals surface area contributed by atoms with E-state index in [0.717, 1.165) is 19.6 Å². The van der Waals surface area contributed by atoms with Crippen LogP contribution in [-0.4, -0.2) is 46.0 Å². The number of nitrogens with zero attached hydrogens (tertiary/aromatic N) is 4. The van der Waals surface area contributed by atoms with E-state index in [1.165, 1.54) is 6.33 Å². The molecule has 1 N–H and O–H groups in total. The van der Waals surface area contributed by atoms with Crippen molar-refractivity contribution in [1.82, 2.24) is 14.9 Å². The van der Waals surface area contributed by atoms with Gasteiger partial charge in [0, 0.05) is 13.1 Å². The molecule has 0 saturated carbocycles. The van der Waals surface area contributed by atoms with Crippen molar-refractivity contribution < 1.29 is 4.92 Å². The van der Waals surface area contributed by atoms with E-state index in [4.69, 9.17) is 11.6 Å². The fourth-order valence-electron chi connectivity index (χ4n) is 1.52. The van der Waals surface area contributed by atoms with Crippen LogP contribution < -0.4 is 5.32 Å². The molecule has 0 aliphatic rings. The van der Waals surface area contributed by atoms with Crippen molar-refractivity contribution >= 4 is 23.1 Å². The standard InChI is InChI=1S/C10H16ClN5O2/c1-3-15(4-2)6-5-12-10-8(16(17)18)9(11)13-7-14-10/h7H,3-6H2,1-2H3,(H,12,13,14). The van der Waals surface area contributed by atoms with Crippen LogP contribution in [0.3, 0.4) is 0 Å². The van der Waals surface area contributed by atoms with Crippen LogP contribution in [0.5, 0.6) is 0 Å². The van der Waals surface area contributed by atoms with Gasteiger partial charge in [-0.1, -0.05) is 25.4 Å². The summed E-state index contributed by atoms with van der Waals surface area (Å²) in [6.07, 6.45) is 1.20. The first-order valence-electron chi connectivity index (χ1n) is 5.71. The third kappa shape index (κ3) is 3.78. The highest BCUT2D eigenvalue weighted by Crippen LogP contribution is 2.27. The first kappa shape index (κ1) is 14.6. The van der Waals surface area contributed by atoms with Gasteiger partial charge in [0.1, 0.15) is 6.33 Å². The summed E-state index contributed by atoms with van der Waals surface area (Å²) in [5, 5.41) is 13.6. The normalized spacial score (nSPS) is 10.7. The molecule has 1 aromatic rings. The van der Waals surface area contributed by atoms with Crippen LogP contribution in [0.25, 0.3) is 0 Å². The highest BCUT2D eigenvalue weighted by atomic mass is 35.5. The molecule has 18 heavy (non-hydrogen) atoms. The van der Waals surface area contributed by atoms with Gasteiger partial charge in [-0.15, -0.1) is 0 Å². The van der Waals surface area contributed by atoms with Crippen LogP contribution >= 0.6 is 11.6 Å². The number of nitrogens with one attached hydrogen (secondary N) is 1. The zero-order chi connectivity index (χ0) is 13.5. The molecule has 8 heteroatoms. The highest BCUT2D eigenvalue weighted by Gasteiger charge is 2.21. The van der Waals surface area contributed by atoms with Gasteiger partial charge in [0.15, 0.2) is 0 Å². The first-order valence-corrected chi connectivity index (χ1v) is 6.09. The Bertz CT molecular complexity index is 411. The Labute approximate surface area is 110 Å². The maximum Gasteiger partial charge on any atom is 0.348 e. The molecule has 0 aliphatic carbocycles. The van der Waals surface area contributed by atoms with Crippen LogP contribution in [0.4, 0.5) is 11.5 Å². The molecule has 0 atom stereocenters. The lowest BCUT2D eigenvalue weighted by atomic mass is 10.4. The molecule has 1 heterocycles. The van der Waals surface area contributed by atoms with E-state index in [1.54, 1.807) is 0 Å². The average Bonchev–Trinajstić information content (AvgIpc) is 2.34. The second kappa shape index (κ2) is 7.07. The fourth-order valence-corrected chi connectivity index (χ4v) is 1.72. The molecular formula is C10H16ClN5O2. The minimum Gasteiger partial charge on any atom is -0.363 e. The zero-order valence-corrected chi connectivity index (χ0v) is 11.1. The molecule has 1 aromatic heterocycles. The lowest BCUT2D eigenvalue weighted by Crippen LogP contribution is -2.28. The lowest BCUT2D eigenvalue weighted by molar-refractivity contribution is -0.384. The first-order chi connectivity index (χ1) is 8.60. The van der Waals surface area contributed by atoms with E-state index < -0.39 is 4.92 Å². The molecular weight excluding hydrogens is 258 g/mol. The van der Waals surface area contributed by atoms with Crippen LogP contribution in [0.2, 0.25) is 5.15 Å². The van der Waals surface area contributed by atoms with Crippen LogP contribution in [-0.2, 0) is 0 Å². The van der Waals surface area contributed by atoms with Gasteiger partial charge in [0.05, 0.1) is 4.92 Å². The predicted octanol–water partition coefficient (Wildman–Crippen LogP) is 1.79. The summed E-state index contributed by atoms with van der Waals surface area (Å²) in [4.78, 5) is 19.9. The maximum absolute atomic E-state index is 10.8. The number of likely N-dealkylation sites (N-methyl/N-ethyl adjacent to an activating group) is 1. The van der Waals surface area contributed by atoms with Crippen molar-refractivity contribution in [2.24, 2.45) is 0 Å². The SMILES string of the molecule is CCN(CC)CCNc1ncnc(Cl)c1[N+](=O)[O-].